The number of hydrogen-bond acceptors (Lipinski definition) is 3. The number of aryl methyl sites for hydroxylation is 2. The zero-order valence-corrected chi connectivity index (χ0v) is 15.7. The standard InChI is InChI=1S/C22H20N4O2/c1-13-10-14(2)25-21(27)17(13)12-24-22(28)20-16-8-9-23-19(16)11-18(26-20)15-6-4-3-5-7-15/h3-11,23H,12H2,1-2H3,(H,24,28)(H,25,27). The summed E-state index contributed by atoms with van der Waals surface area (Å²) in [4.78, 5) is 35.6. The summed E-state index contributed by atoms with van der Waals surface area (Å²) in [5.41, 5.74) is 4.81. The maximum Gasteiger partial charge on any atom is 0.270 e. The fourth-order valence-corrected chi connectivity index (χ4v) is 3.34. The number of carbonyl (C=O) groups excluding carboxylic acids is 1. The van der Waals surface area contributed by atoms with E-state index < -0.39 is 0 Å². The van der Waals surface area contributed by atoms with Gasteiger partial charge in [0.2, 0.25) is 0 Å². The molecule has 6 heteroatoms. The van der Waals surface area contributed by atoms with Crippen molar-refractivity contribution in [3.63, 3.8) is 0 Å². The van der Waals surface area contributed by atoms with E-state index in [1.54, 1.807) is 6.20 Å². The summed E-state index contributed by atoms with van der Waals surface area (Å²) in [6, 6.07) is 15.4. The van der Waals surface area contributed by atoms with E-state index in [1.807, 2.05) is 62.4 Å². The Hall–Kier alpha value is -3.67. The molecule has 0 saturated heterocycles. The Kier molecular flexibility index (Phi) is 4.53. The maximum absolute atomic E-state index is 12.9. The molecule has 4 aromatic rings. The van der Waals surface area contributed by atoms with E-state index in [0.29, 0.717) is 17.0 Å². The molecule has 1 amide bonds. The summed E-state index contributed by atoms with van der Waals surface area (Å²) in [7, 11) is 0. The third-order valence-corrected chi connectivity index (χ3v) is 4.75. The third-order valence-electron chi connectivity index (χ3n) is 4.75. The Bertz CT molecular complexity index is 1220. The molecule has 0 fully saturated rings. The normalized spacial score (nSPS) is 10.9. The Labute approximate surface area is 161 Å². The monoisotopic (exact) mass is 372 g/mol. The minimum Gasteiger partial charge on any atom is -0.361 e. The van der Waals surface area contributed by atoms with E-state index in [-0.39, 0.29) is 18.0 Å². The largest absolute Gasteiger partial charge is 0.361 e. The van der Waals surface area contributed by atoms with Crippen LogP contribution in [0.3, 0.4) is 0 Å². The van der Waals surface area contributed by atoms with Crippen LogP contribution >= 0.6 is 0 Å². The highest BCUT2D eigenvalue weighted by molar-refractivity contribution is 6.05. The number of aromatic amines is 2. The molecule has 3 N–H and O–H groups in total. The van der Waals surface area contributed by atoms with Crippen molar-refractivity contribution in [1.82, 2.24) is 20.3 Å². The Morgan fingerprint density at radius 1 is 1.11 bits per heavy atom. The number of fused-ring (bicyclic) bond motifs is 1. The Morgan fingerprint density at radius 3 is 2.64 bits per heavy atom. The van der Waals surface area contributed by atoms with Crippen molar-refractivity contribution < 1.29 is 4.79 Å². The van der Waals surface area contributed by atoms with Crippen molar-refractivity contribution >= 4 is 16.8 Å². The van der Waals surface area contributed by atoms with Crippen molar-refractivity contribution in [2.45, 2.75) is 20.4 Å². The van der Waals surface area contributed by atoms with Gasteiger partial charge < -0.3 is 15.3 Å². The van der Waals surface area contributed by atoms with E-state index in [9.17, 15) is 9.59 Å². The van der Waals surface area contributed by atoms with Crippen molar-refractivity contribution in [1.29, 1.82) is 0 Å². The lowest BCUT2D eigenvalue weighted by atomic mass is 10.1. The van der Waals surface area contributed by atoms with Crippen molar-refractivity contribution in [2.24, 2.45) is 0 Å². The summed E-state index contributed by atoms with van der Waals surface area (Å²) in [5, 5.41) is 3.58. The molecule has 0 aliphatic rings. The van der Waals surface area contributed by atoms with E-state index in [0.717, 1.165) is 27.7 Å². The number of amides is 1. The number of carbonyl (C=O) groups is 1. The van der Waals surface area contributed by atoms with Gasteiger partial charge >= 0.3 is 0 Å². The average molecular weight is 372 g/mol. The molecule has 4 rings (SSSR count). The van der Waals surface area contributed by atoms with Gasteiger partial charge in [0.15, 0.2) is 0 Å². The number of H-pyrrole nitrogens is 2. The zero-order chi connectivity index (χ0) is 19.7. The molecule has 1 aromatic carbocycles. The van der Waals surface area contributed by atoms with Crippen LogP contribution in [0.1, 0.15) is 27.3 Å². The first-order valence-corrected chi connectivity index (χ1v) is 9.04. The minimum absolute atomic E-state index is 0.142. The van der Waals surface area contributed by atoms with Crippen molar-refractivity contribution in [3.8, 4) is 11.3 Å². The molecule has 3 heterocycles. The van der Waals surface area contributed by atoms with Crippen LogP contribution in [0.4, 0.5) is 0 Å². The van der Waals surface area contributed by atoms with E-state index in [2.05, 4.69) is 20.3 Å². The SMILES string of the molecule is Cc1cc(C)c(CNC(=O)c2nc(-c3ccccc3)cc3[nH]ccc23)c(=O)[nH]1. The number of nitrogens with zero attached hydrogens (tertiary/aromatic N) is 1. The molecular weight excluding hydrogens is 352 g/mol. The van der Waals surface area contributed by atoms with Gasteiger partial charge in [0.1, 0.15) is 5.69 Å². The molecule has 0 atom stereocenters. The van der Waals surface area contributed by atoms with Gasteiger partial charge in [0.25, 0.3) is 11.5 Å². The quantitative estimate of drug-likeness (QED) is 0.512. The number of hydrogen-bond donors (Lipinski definition) is 3. The van der Waals surface area contributed by atoms with Crippen LogP contribution < -0.4 is 10.9 Å². The Morgan fingerprint density at radius 2 is 1.89 bits per heavy atom. The second-order valence-corrected chi connectivity index (χ2v) is 6.79. The van der Waals surface area contributed by atoms with Crippen molar-refractivity contribution in [2.75, 3.05) is 0 Å². The first-order valence-electron chi connectivity index (χ1n) is 9.04. The lowest BCUT2D eigenvalue weighted by molar-refractivity contribution is 0.0947. The molecule has 6 nitrogen and oxygen atoms in total. The van der Waals surface area contributed by atoms with Gasteiger partial charge in [-0.1, -0.05) is 30.3 Å². The Balaban J connectivity index is 1.68. The summed E-state index contributed by atoms with van der Waals surface area (Å²) >= 11 is 0. The maximum atomic E-state index is 12.9. The van der Waals surface area contributed by atoms with Crippen LogP contribution in [-0.2, 0) is 6.54 Å². The second kappa shape index (κ2) is 7.15. The molecule has 0 aliphatic carbocycles. The third kappa shape index (κ3) is 3.32. The average Bonchev–Trinajstić information content (AvgIpc) is 3.15. The van der Waals surface area contributed by atoms with Crippen molar-refractivity contribution in [3.05, 3.63) is 87.6 Å². The van der Waals surface area contributed by atoms with E-state index in [1.165, 1.54) is 0 Å². The molecule has 0 spiro atoms. The van der Waals surface area contributed by atoms with E-state index in [4.69, 9.17) is 0 Å². The molecule has 3 aromatic heterocycles. The molecule has 0 bridgehead atoms. The topological polar surface area (TPSA) is 90.6 Å². The fraction of sp³-hybridized carbons (Fsp3) is 0.136. The van der Waals surface area contributed by atoms with Gasteiger partial charge in [-0.3, -0.25) is 9.59 Å². The first kappa shape index (κ1) is 17.7. The zero-order valence-electron chi connectivity index (χ0n) is 15.7. The van der Waals surface area contributed by atoms with Crippen LogP contribution in [0.2, 0.25) is 0 Å². The predicted molar refractivity (Wildman–Crippen MR) is 109 cm³/mol. The smallest absolute Gasteiger partial charge is 0.270 e. The summed E-state index contributed by atoms with van der Waals surface area (Å²) in [6.45, 7) is 3.84. The molecule has 0 unspecified atom stereocenters. The first-order chi connectivity index (χ1) is 13.5. The number of aromatic nitrogens is 3. The lowest BCUT2D eigenvalue weighted by Crippen LogP contribution is -2.28. The van der Waals surface area contributed by atoms with Crippen LogP contribution in [0.5, 0.6) is 0 Å². The fourth-order valence-electron chi connectivity index (χ4n) is 3.34. The molecule has 0 saturated carbocycles. The minimum atomic E-state index is -0.318. The highest BCUT2D eigenvalue weighted by Crippen LogP contribution is 2.24. The molecule has 140 valence electrons. The molecule has 0 aliphatic heterocycles. The van der Waals surface area contributed by atoms with Gasteiger partial charge in [0.05, 0.1) is 5.69 Å². The number of nitrogens with one attached hydrogen (secondary N) is 3. The van der Waals surface area contributed by atoms with Crippen LogP contribution in [0.15, 0.2) is 59.5 Å². The number of benzene rings is 1. The van der Waals surface area contributed by atoms with Crippen LogP contribution in [0.25, 0.3) is 22.2 Å². The van der Waals surface area contributed by atoms with Gasteiger partial charge in [-0.2, -0.15) is 0 Å². The van der Waals surface area contributed by atoms with Gasteiger partial charge in [-0.25, -0.2) is 4.98 Å². The summed E-state index contributed by atoms with van der Waals surface area (Å²) in [5.74, 6) is -0.318. The predicted octanol–water partition coefficient (Wildman–Crippen LogP) is 3.47. The molecular formula is C22H20N4O2. The van der Waals surface area contributed by atoms with Crippen LogP contribution in [-0.4, -0.2) is 20.9 Å². The van der Waals surface area contributed by atoms with Gasteiger partial charge in [0, 0.05) is 40.5 Å². The summed E-state index contributed by atoms with van der Waals surface area (Å²) in [6.07, 6.45) is 1.78. The highest BCUT2D eigenvalue weighted by atomic mass is 16.2. The van der Waals surface area contributed by atoms with Gasteiger partial charge in [-0.05, 0) is 37.6 Å². The second-order valence-electron chi connectivity index (χ2n) is 6.79. The molecule has 0 radical (unpaired) electrons. The highest BCUT2D eigenvalue weighted by Gasteiger charge is 2.16. The van der Waals surface area contributed by atoms with E-state index >= 15 is 0 Å². The molecule has 28 heavy (non-hydrogen) atoms. The summed E-state index contributed by atoms with van der Waals surface area (Å²) < 4.78 is 0. The van der Waals surface area contributed by atoms with Crippen LogP contribution in [0, 0.1) is 13.8 Å². The lowest BCUT2D eigenvalue weighted by Gasteiger charge is -2.10. The van der Waals surface area contributed by atoms with Gasteiger partial charge in [-0.15, -0.1) is 0 Å². The number of rotatable bonds is 4. The number of pyridine rings is 2.